The lowest BCUT2D eigenvalue weighted by Gasteiger charge is -2.09. The number of benzene rings is 5. The van der Waals surface area contributed by atoms with Crippen LogP contribution in [-0.2, 0) is 0 Å². The number of pyridine rings is 1. The third kappa shape index (κ3) is 4.71. The Balaban J connectivity index is 1.25. The fraction of sp³-hybridized carbons (Fsp3) is 0.0256. The molecule has 0 radical (unpaired) electrons. The van der Waals surface area contributed by atoms with Crippen LogP contribution in [0.5, 0.6) is 0 Å². The van der Waals surface area contributed by atoms with Crippen molar-refractivity contribution in [3.05, 3.63) is 145 Å². The zero-order chi connectivity index (χ0) is 29.5. The van der Waals surface area contributed by atoms with Gasteiger partial charge in [0.25, 0.3) is 0 Å². The molecule has 8 rings (SSSR count). The van der Waals surface area contributed by atoms with E-state index in [4.69, 9.17) is 24.4 Å². The molecule has 0 aliphatic carbocycles. The van der Waals surface area contributed by atoms with E-state index in [0.29, 0.717) is 17.5 Å². The van der Waals surface area contributed by atoms with E-state index >= 15 is 0 Å². The van der Waals surface area contributed by atoms with E-state index in [1.807, 2.05) is 66.7 Å². The van der Waals surface area contributed by atoms with Gasteiger partial charge in [-0.2, -0.15) is 0 Å². The third-order valence-electron chi connectivity index (χ3n) is 7.85. The van der Waals surface area contributed by atoms with Crippen molar-refractivity contribution in [1.82, 2.24) is 19.9 Å². The standard InChI is InChI=1S/C39H26N4O/c1-25-9-8-14-30(23-25)26-15-17-29(18-16-26)38-41-37(28-12-6-3-7-13-28)42-39(43-38)31-19-20-32-34(24-31)44-33-21-22-40-36(35(32)33)27-10-4-2-5-11-27/h2-24H,1H3. The molecule has 5 heteroatoms. The van der Waals surface area contributed by atoms with Gasteiger partial charge in [-0.3, -0.25) is 4.98 Å². The van der Waals surface area contributed by atoms with Crippen molar-refractivity contribution in [2.45, 2.75) is 6.92 Å². The monoisotopic (exact) mass is 566 g/mol. The van der Waals surface area contributed by atoms with E-state index in [1.54, 1.807) is 6.20 Å². The molecule has 0 amide bonds. The minimum atomic E-state index is 0.584. The number of fused-ring (bicyclic) bond motifs is 3. The van der Waals surface area contributed by atoms with Crippen molar-refractivity contribution in [3.63, 3.8) is 0 Å². The fourth-order valence-corrected chi connectivity index (χ4v) is 5.66. The summed E-state index contributed by atoms with van der Waals surface area (Å²) in [6.45, 7) is 2.11. The predicted molar refractivity (Wildman–Crippen MR) is 177 cm³/mol. The second kappa shape index (κ2) is 10.7. The summed E-state index contributed by atoms with van der Waals surface area (Å²) >= 11 is 0. The Bertz CT molecular complexity index is 2270. The van der Waals surface area contributed by atoms with Crippen LogP contribution < -0.4 is 0 Å². The van der Waals surface area contributed by atoms with Crippen molar-refractivity contribution in [2.24, 2.45) is 0 Å². The van der Waals surface area contributed by atoms with Gasteiger partial charge in [-0.05, 0) is 36.2 Å². The van der Waals surface area contributed by atoms with Crippen molar-refractivity contribution in [2.75, 3.05) is 0 Å². The Hall–Kier alpha value is -5.94. The summed E-state index contributed by atoms with van der Waals surface area (Å²) in [5.74, 6) is 1.82. The zero-order valence-electron chi connectivity index (χ0n) is 24.0. The van der Waals surface area contributed by atoms with Gasteiger partial charge in [0.15, 0.2) is 17.5 Å². The number of nitrogens with zero attached hydrogens (tertiary/aromatic N) is 4. The first-order valence-corrected chi connectivity index (χ1v) is 14.6. The molecule has 0 unspecified atom stereocenters. The Morgan fingerprint density at radius 1 is 0.455 bits per heavy atom. The van der Waals surface area contributed by atoms with Crippen LogP contribution in [0.15, 0.2) is 144 Å². The molecule has 208 valence electrons. The molecule has 0 spiro atoms. The summed E-state index contributed by atoms with van der Waals surface area (Å²) in [7, 11) is 0. The Morgan fingerprint density at radius 3 is 1.75 bits per heavy atom. The fourth-order valence-electron chi connectivity index (χ4n) is 5.66. The summed E-state index contributed by atoms with van der Waals surface area (Å²) in [6.07, 6.45) is 1.79. The summed E-state index contributed by atoms with van der Waals surface area (Å²) in [6, 6.07) is 45.2. The minimum Gasteiger partial charge on any atom is -0.456 e. The van der Waals surface area contributed by atoms with Crippen molar-refractivity contribution < 1.29 is 4.42 Å². The number of hydrogen-bond donors (Lipinski definition) is 0. The molecule has 44 heavy (non-hydrogen) atoms. The first-order chi connectivity index (χ1) is 21.7. The highest BCUT2D eigenvalue weighted by Crippen LogP contribution is 2.37. The van der Waals surface area contributed by atoms with Crippen molar-refractivity contribution in [1.29, 1.82) is 0 Å². The summed E-state index contributed by atoms with van der Waals surface area (Å²) in [4.78, 5) is 19.5. The van der Waals surface area contributed by atoms with Gasteiger partial charge in [0.05, 0.1) is 11.1 Å². The van der Waals surface area contributed by atoms with E-state index < -0.39 is 0 Å². The van der Waals surface area contributed by atoms with E-state index in [1.165, 1.54) is 11.1 Å². The van der Waals surface area contributed by atoms with Crippen molar-refractivity contribution in [3.8, 4) is 56.5 Å². The molecule has 0 aliphatic rings. The Labute approximate surface area is 254 Å². The van der Waals surface area contributed by atoms with Gasteiger partial charge in [-0.15, -0.1) is 0 Å². The van der Waals surface area contributed by atoms with Gasteiger partial charge < -0.3 is 4.42 Å². The van der Waals surface area contributed by atoms with Crippen LogP contribution in [0.25, 0.3) is 78.5 Å². The van der Waals surface area contributed by atoms with E-state index in [-0.39, 0.29) is 0 Å². The molecule has 0 N–H and O–H groups in total. The maximum atomic E-state index is 6.36. The lowest BCUT2D eigenvalue weighted by Crippen LogP contribution is -2.00. The largest absolute Gasteiger partial charge is 0.456 e. The lowest BCUT2D eigenvalue weighted by atomic mass is 10.0. The molecule has 5 nitrogen and oxygen atoms in total. The lowest BCUT2D eigenvalue weighted by molar-refractivity contribution is 0.668. The number of aromatic nitrogens is 4. The molecular weight excluding hydrogens is 540 g/mol. The number of aryl methyl sites for hydroxylation is 1. The van der Waals surface area contributed by atoms with Crippen molar-refractivity contribution >= 4 is 21.9 Å². The van der Waals surface area contributed by atoms with Gasteiger partial charge in [-0.25, -0.2) is 15.0 Å². The molecule has 0 fully saturated rings. The average Bonchev–Trinajstić information content (AvgIpc) is 3.47. The van der Waals surface area contributed by atoms with Crippen LogP contribution in [0.2, 0.25) is 0 Å². The Kier molecular flexibility index (Phi) is 6.27. The first-order valence-electron chi connectivity index (χ1n) is 14.6. The highest BCUT2D eigenvalue weighted by atomic mass is 16.3. The van der Waals surface area contributed by atoms with E-state index in [0.717, 1.165) is 55.4 Å². The molecule has 3 heterocycles. The van der Waals surface area contributed by atoms with Crippen LogP contribution >= 0.6 is 0 Å². The van der Waals surface area contributed by atoms with Gasteiger partial charge in [0.2, 0.25) is 0 Å². The van der Waals surface area contributed by atoms with E-state index in [9.17, 15) is 0 Å². The van der Waals surface area contributed by atoms with Gasteiger partial charge >= 0.3 is 0 Å². The van der Waals surface area contributed by atoms with Gasteiger partial charge in [0.1, 0.15) is 11.2 Å². The topological polar surface area (TPSA) is 64.7 Å². The SMILES string of the molecule is Cc1cccc(-c2ccc(-c3nc(-c4ccccc4)nc(-c4ccc5c(c4)oc4ccnc(-c6ccccc6)c45)n3)cc2)c1. The number of rotatable bonds is 5. The summed E-state index contributed by atoms with van der Waals surface area (Å²) < 4.78 is 6.36. The minimum absolute atomic E-state index is 0.584. The maximum Gasteiger partial charge on any atom is 0.164 e. The van der Waals surface area contributed by atoms with Crippen LogP contribution in [0, 0.1) is 6.92 Å². The number of furan rings is 1. The molecule has 5 aromatic carbocycles. The normalized spacial score (nSPS) is 11.3. The predicted octanol–water partition coefficient (Wildman–Crippen LogP) is 9.81. The summed E-state index contributed by atoms with van der Waals surface area (Å²) in [5.41, 5.74) is 9.76. The summed E-state index contributed by atoms with van der Waals surface area (Å²) in [5, 5.41) is 2.00. The second-order valence-electron chi connectivity index (χ2n) is 10.8. The molecule has 0 aliphatic heterocycles. The van der Waals surface area contributed by atoms with Gasteiger partial charge in [-0.1, -0.05) is 121 Å². The van der Waals surface area contributed by atoms with Crippen LogP contribution in [0.4, 0.5) is 0 Å². The highest BCUT2D eigenvalue weighted by molar-refractivity contribution is 6.11. The first kappa shape index (κ1) is 25.7. The highest BCUT2D eigenvalue weighted by Gasteiger charge is 2.17. The van der Waals surface area contributed by atoms with Crippen LogP contribution in [0.3, 0.4) is 0 Å². The molecular formula is C39H26N4O. The average molecular weight is 567 g/mol. The maximum absolute atomic E-state index is 6.36. The molecule has 8 aromatic rings. The molecule has 3 aromatic heterocycles. The second-order valence-corrected chi connectivity index (χ2v) is 10.8. The molecule has 0 saturated heterocycles. The van der Waals surface area contributed by atoms with Crippen LogP contribution in [-0.4, -0.2) is 19.9 Å². The Morgan fingerprint density at radius 2 is 1.05 bits per heavy atom. The molecule has 0 atom stereocenters. The third-order valence-corrected chi connectivity index (χ3v) is 7.85. The molecule has 0 bridgehead atoms. The van der Waals surface area contributed by atoms with Gasteiger partial charge in [0, 0.05) is 33.8 Å². The van der Waals surface area contributed by atoms with Crippen LogP contribution in [0.1, 0.15) is 5.56 Å². The van der Waals surface area contributed by atoms with E-state index in [2.05, 4.69) is 73.7 Å². The zero-order valence-corrected chi connectivity index (χ0v) is 24.0. The molecule has 0 saturated carbocycles. The smallest absolute Gasteiger partial charge is 0.164 e. The quantitative estimate of drug-likeness (QED) is 0.207. The number of hydrogen-bond acceptors (Lipinski definition) is 5.